The number of anilines is 1. The van der Waals surface area contributed by atoms with Gasteiger partial charge in [-0.2, -0.15) is 0 Å². The molecule has 1 saturated heterocycles. The fourth-order valence-electron chi connectivity index (χ4n) is 4.88. The van der Waals surface area contributed by atoms with E-state index in [4.69, 9.17) is 0 Å². The van der Waals surface area contributed by atoms with Crippen LogP contribution in [0.4, 0.5) is 5.69 Å². The summed E-state index contributed by atoms with van der Waals surface area (Å²) >= 11 is 0. The smallest absolute Gasteiger partial charge is 0.173 e. The molecule has 2 aliphatic rings. The average molecular weight is 365 g/mol. The third kappa shape index (κ3) is 3.16. The Morgan fingerprint density at radius 2 is 1.78 bits per heavy atom. The monoisotopic (exact) mass is 364 g/mol. The Hall–Kier alpha value is -1.87. The zero-order valence-electron chi connectivity index (χ0n) is 17.4. The van der Waals surface area contributed by atoms with E-state index in [0.29, 0.717) is 5.41 Å². The molecule has 0 aromatic heterocycles. The van der Waals surface area contributed by atoms with Gasteiger partial charge in [0, 0.05) is 42.8 Å². The van der Waals surface area contributed by atoms with E-state index in [1.54, 1.807) is 0 Å². The number of benzene rings is 2. The Bertz CT molecular complexity index is 891. The first-order chi connectivity index (χ1) is 12.7. The summed E-state index contributed by atoms with van der Waals surface area (Å²) in [5, 5.41) is 2.42. The van der Waals surface area contributed by atoms with E-state index in [-0.39, 0.29) is 5.78 Å². The molecule has 0 radical (unpaired) electrons. The predicted molar refractivity (Wildman–Crippen MR) is 114 cm³/mol. The van der Waals surface area contributed by atoms with Gasteiger partial charge in [-0.15, -0.1) is 0 Å². The lowest BCUT2D eigenvalue weighted by atomic mass is 9.84. The van der Waals surface area contributed by atoms with Crippen LogP contribution in [0, 0.1) is 5.41 Å². The predicted octanol–water partition coefficient (Wildman–Crippen LogP) is 4.87. The summed E-state index contributed by atoms with van der Waals surface area (Å²) in [5.74, 6) is 0.257. The summed E-state index contributed by atoms with van der Waals surface area (Å²) in [6.07, 6.45) is 1.18. The molecule has 0 spiro atoms. The molecule has 0 N–H and O–H groups in total. The highest BCUT2D eigenvalue weighted by atomic mass is 16.1. The molecule has 3 nitrogen and oxygen atoms in total. The fraction of sp³-hybridized carbons (Fsp3) is 0.542. The molecule has 4 rings (SSSR count). The molecule has 27 heavy (non-hydrogen) atoms. The highest BCUT2D eigenvalue weighted by Gasteiger charge is 2.40. The Morgan fingerprint density at radius 1 is 1.00 bits per heavy atom. The van der Waals surface area contributed by atoms with Crippen LogP contribution in [0.5, 0.6) is 0 Å². The maximum Gasteiger partial charge on any atom is 0.173 e. The minimum atomic E-state index is -0.414. The molecule has 144 valence electrons. The first-order valence-corrected chi connectivity index (χ1v) is 10.3. The van der Waals surface area contributed by atoms with Gasteiger partial charge in [-0.3, -0.25) is 4.79 Å². The normalized spacial score (nSPS) is 20.3. The van der Waals surface area contributed by atoms with E-state index >= 15 is 0 Å². The van der Waals surface area contributed by atoms with Crippen LogP contribution >= 0.6 is 0 Å². The third-order valence-corrected chi connectivity index (χ3v) is 6.13. The maximum absolute atomic E-state index is 12.9. The molecule has 1 heterocycles. The Balaban J connectivity index is 1.68. The minimum Gasteiger partial charge on any atom is -0.370 e. The number of carbonyl (C=O) groups excluding carboxylic acids is 1. The number of carbonyl (C=O) groups is 1. The molecule has 3 heteroatoms. The lowest BCUT2D eigenvalue weighted by molar-refractivity contribution is 0.0920. The van der Waals surface area contributed by atoms with Gasteiger partial charge < -0.3 is 9.80 Å². The molecule has 1 fully saturated rings. The third-order valence-electron chi connectivity index (χ3n) is 6.13. The summed E-state index contributed by atoms with van der Waals surface area (Å²) in [4.78, 5) is 18.0. The maximum atomic E-state index is 12.9. The lowest BCUT2D eigenvalue weighted by Gasteiger charge is -2.29. The van der Waals surface area contributed by atoms with E-state index in [2.05, 4.69) is 62.6 Å². The lowest BCUT2D eigenvalue weighted by Crippen LogP contribution is -2.36. The van der Waals surface area contributed by atoms with Crippen molar-refractivity contribution in [1.82, 2.24) is 4.90 Å². The highest BCUT2D eigenvalue weighted by Crippen LogP contribution is 2.45. The molecule has 0 unspecified atom stereocenters. The van der Waals surface area contributed by atoms with Crippen molar-refractivity contribution in [2.45, 2.75) is 46.5 Å². The number of Topliss-reactive ketones (excluding diaryl/α,β-unsaturated/α-hetero) is 1. The summed E-state index contributed by atoms with van der Waals surface area (Å²) in [7, 11) is 0. The van der Waals surface area contributed by atoms with Crippen molar-refractivity contribution in [3.63, 3.8) is 0 Å². The Morgan fingerprint density at radius 3 is 2.52 bits per heavy atom. The summed E-state index contributed by atoms with van der Waals surface area (Å²) in [5.41, 5.74) is 3.30. The van der Waals surface area contributed by atoms with Gasteiger partial charge in [0.15, 0.2) is 5.78 Å². The summed E-state index contributed by atoms with van der Waals surface area (Å²) in [6, 6.07) is 10.7. The van der Waals surface area contributed by atoms with Crippen molar-refractivity contribution < 1.29 is 4.79 Å². The zero-order chi connectivity index (χ0) is 19.4. The molecule has 0 saturated carbocycles. The van der Waals surface area contributed by atoms with E-state index in [1.165, 1.54) is 35.0 Å². The number of ketones is 1. The number of hydrogen-bond donors (Lipinski definition) is 0. The molecule has 1 aliphatic heterocycles. The quantitative estimate of drug-likeness (QED) is 0.759. The second-order valence-electron chi connectivity index (χ2n) is 9.99. The number of nitrogens with zero attached hydrogens (tertiary/aromatic N) is 2. The molecule has 0 amide bonds. The van der Waals surface area contributed by atoms with Crippen LogP contribution in [-0.4, -0.2) is 43.4 Å². The molecular weight excluding hydrogens is 332 g/mol. The van der Waals surface area contributed by atoms with Gasteiger partial charge in [0.1, 0.15) is 0 Å². The van der Waals surface area contributed by atoms with E-state index in [9.17, 15) is 4.79 Å². The van der Waals surface area contributed by atoms with Crippen LogP contribution in [0.25, 0.3) is 10.8 Å². The van der Waals surface area contributed by atoms with Crippen LogP contribution < -0.4 is 4.90 Å². The Kier molecular flexibility index (Phi) is 4.34. The van der Waals surface area contributed by atoms with Crippen molar-refractivity contribution >= 4 is 22.2 Å². The molecular formula is C24H32N2O. The van der Waals surface area contributed by atoms with Gasteiger partial charge in [0.25, 0.3) is 0 Å². The second kappa shape index (κ2) is 6.34. The fourth-order valence-corrected chi connectivity index (χ4v) is 4.88. The molecule has 0 atom stereocenters. The minimum absolute atomic E-state index is 0.257. The summed E-state index contributed by atoms with van der Waals surface area (Å²) in [6.45, 7) is 16.6. The van der Waals surface area contributed by atoms with Gasteiger partial charge in [-0.1, -0.05) is 45.0 Å². The van der Waals surface area contributed by atoms with E-state index < -0.39 is 5.41 Å². The molecule has 2 aromatic carbocycles. The first-order valence-electron chi connectivity index (χ1n) is 10.3. The Labute approximate surface area is 163 Å². The van der Waals surface area contributed by atoms with Crippen molar-refractivity contribution in [1.29, 1.82) is 0 Å². The van der Waals surface area contributed by atoms with Crippen molar-refractivity contribution in [3.8, 4) is 0 Å². The van der Waals surface area contributed by atoms with Crippen molar-refractivity contribution in [2.75, 3.05) is 37.6 Å². The standard InChI is InChI=1S/C24H32N2O/c1-23(2,3)16-25-12-7-13-26(15-14-25)20-11-10-19-21-17(20)8-6-9-18(21)22(27)24(19,4)5/h6,8-11H,7,12-16H2,1-5H3. The van der Waals surface area contributed by atoms with Crippen molar-refractivity contribution in [3.05, 3.63) is 41.5 Å². The van der Waals surface area contributed by atoms with Crippen LogP contribution in [0.15, 0.2) is 30.3 Å². The van der Waals surface area contributed by atoms with Crippen molar-refractivity contribution in [2.24, 2.45) is 5.41 Å². The van der Waals surface area contributed by atoms with Gasteiger partial charge in [-0.25, -0.2) is 0 Å². The molecule has 1 aliphatic carbocycles. The van der Waals surface area contributed by atoms with E-state index in [0.717, 1.165) is 31.7 Å². The average Bonchev–Trinajstić information content (AvgIpc) is 2.75. The highest BCUT2D eigenvalue weighted by molar-refractivity contribution is 6.21. The van der Waals surface area contributed by atoms with Crippen LogP contribution in [-0.2, 0) is 5.41 Å². The van der Waals surface area contributed by atoms with Gasteiger partial charge >= 0.3 is 0 Å². The van der Waals surface area contributed by atoms with Gasteiger partial charge in [-0.05, 0) is 49.2 Å². The molecule has 2 aromatic rings. The number of rotatable bonds is 2. The van der Waals surface area contributed by atoms with Gasteiger partial charge in [0.2, 0.25) is 0 Å². The topological polar surface area (TPSA) is 23.6 Å². The van der Waals surface area contributed by atoms with Crippen LogP contribution in [0.2, 0.25) is 0 Å². The molecule has 0 bridgehead atoms. The summed E-state index contributed by atoms with van der Waals surface area (Å²) < 4.78 is 0. The van der Waals surface area contributed by atoms with Crippen LogP contribution in [0.3, 0.4) is 0 Å². The zero-order valence-corrected chi connectivity index (χ0v) is 17.4. The number of hydrogen-bond acceptors (Lipinski definition) is 3. The largest absolute Gasteiger partial charge is 0.370 e. The van der Waals surface area contributed by atoms with Gasteiger partial charge in [0.05, 0.1) is 5.41 Å². The van der Waals surface area contributed by atoms with E-state index in [1.807, 2.05) is 12.1 Å². The second-order valence-corrected chi connectivity index (χ2v) is 9.99. The van der Waals surface area contributed by atoms with Crippen LogP contribution in [0.1, 0.15) is 57.0 Å². The SMILES string of the molecule is CC(C)(C)CN1CCCN(c2ccc3c4c(cccc24)C(=O)C3(C)C)CC1. The first kappa shape index (κ1) is 18.5.